The molecule has 1 fully saturated rings. The molecule has 6 heteroatoms. The van der Waals surface area contributed by atoms with Gasteiger partial charge in [-0.15, -0.1) is 0 Å². The van der Waals surface area contributed by atoms with E-state index in [1.54, 1.807) is 24.3 Å². The maximum absolute atomic E-state index is 12.6. The van der Waals surface area contributed by atoms with Gasteiger partial charge in [-0.2, -0.15) is 0 Å². The minimum atomic E-state index is -0.948. The van der Waals surface area contributed by atoms with Crippen molar-refractivity contribution in [2.75, 3.05) is 18.4 Å². The van der Waals surface area contributed by atoms with E-state index < -0.39 is 17.8 Å². The molecule has 27 heavy (non-hydrogen) atoms. The molecule has 0 bridgehead atoms. The van der Waals surface area contributed by atoms with Crippen molar-refractivity contribution in [3.05, 3.63) is 42.0 Å². The van der Waals surface area contributed by atoms with E-state index in [1.807, 2.05) is 17.1 Å². The first-order valence-electron chi connectivity index (χ1n) is 9.53. The molecular formula is C21H26N2O4. The predicted molar refractivity (Wildman–Crippen MR) is 102 cm³/mol. The highest BCUT2D eigenvalue weighted by Crippen LogP contribution is 2.27. The summed E-state index contributed by atoms with van der Waals surface area (Å²) in [6.07, 6.45) is 6.51. The molecule has 2 atom stereocenters. The van der Waals surface area contributed by atoms with Crippen molar-refractivity contribution < 1.29 is 19.5 Å². The smallest absolute Gasteiger partial charge is 0.307 e. The standard InChI is InChI=1S/C21H26N2O4/c1-14-10-12-23(13-11-14)20(25)15-6-8-16(9-7-15)22-19(24)17-4-2-3-5-18(17)21(26)27/h2-3,6-9,14,17-18H,4-5,10-13H2,1H3,(H,22,24)(H,26,27)/t17-,18-/m0/s1. The average molecular weight is 370 g/mol. The molecule has 0 saturated carbocycles. The quantitative estimate of drug-likeness (QED) is 0.797. The third kappa shape index (κ3) is 4.56. The van der Waals surface area contributed by atoms with Gasteiger partial charge in [-0.3, -0.25) is 14.4 Å². The number of benzene rings is 1. The summed E-state index contributed by atoms with van der Waals surface area (Å²) in [5.41, 5.74) is 1.18. The summed E-state index contributed by atoms with van der Waals surface area (Å²) in [6, 6.07) is 6.83. The average Bonchev–Trinajstić information content (AvgIpc) is 2.68. The van der Waals surface area contributed by atoms with Crippen LogP contribution in [-0.4, -0.2) is 40.9 Å². The zero-order valence-electron chi connectivity index (χ0n) is 15.6. The van der Waals surface area contributed by atoms with Crippen LogP contribution >= 0.6 is 0 Å². The van der Waals surface area contributed by atoms with E-state index in [-0.39, 0.29) is 11.8 Å². The van der Waals surface area contributed by atoms with Crippen LogP contribution in [0.5, 0.6) is 0 Å². The number of hydrogen-bond donors (Lipinski definition) is 2. The number of anilines is 1. The Balaban J connectivity index is 1.62. The zero-order chi connectivity index (χ0) is 19.4. The monoisotopic (exact) mass is 370 g/mol. The van der Waals surface area contributed by atoms with Crippen LogP contribution in [0.25, 0.3) is 0 Å². The first kappa shape index (κ1) is 19.1. The van der Waals surface area contributed by atoms with Crippen LogP contribution in [0.3, 0.4) is 0 Å². The molecule has 0 spiro atoms. The Morgan fingerprint density at radius 1 is 1.00 bits per heavy atom. The summed E-state index contributed by atoms with van der Waals surface area (Å²) in [5.74, 6) is -1.84. The fourth-order valence-corrected chi connectivity index (χ4v) is 3.70. The second kappa shape index (κ2) is 8.37. The number of carboxylic acid groups (broad SMARTS) is 1. The number of carbonyl (C=O) groups is 3. The van der Waals surface area contributed by atoms with E-state index in [9.17, 15) is 19.5 Å². The zero-order valence-corrected chi connectivity index (χ0v) is 15.6. The predicted octanol–water partition coefficient (Wildman–Crippen LogP) is 3.16. The number of amides is 2. The molecular weight excluding hydrogens is 344 g/mol. The highest BCUT2D eigenvalue weighted by Gasteiger charge is 2.34. The molecule has 3 rings (SSSR count). The van der Waals surface area contributed by atoms with E-state index in [4.69, 9.17) is 0 Å². The van der Waals surface area contributed by atoms with Crippen LogP contribution in [0.15, 0.2) is 36.4 Å². The van der Waals surface area contributed by atoms with Gasteiger partial charge in [0.15, 0.2) is 0 Å². The van der Waals surface area contributed by atoms with Crippen molar-refractivity contribution in [3.63, 3.8) is 0 Å². The van der Waals surface area contributed by atoms with Crippen molar-refractivity contribution in [2.45, 2.75) is 32.6 Å². The SMILES string of the molecule is CC1CCN(C(=O)c2ccc(NC(=O)[C@H]3CC=CC[C@@H]3C(=O)O)cc2)CC1. The number of nitrogens with one attached hydrogen (secondary N) is 1. The van der Waals surface area contributed by atoms with Crippen LogP contribution < -0.4 is 5.32 Å². The molecule has 2 aliphatic rings. The third-order valence-corrected chi connectivity index (χ3v) is 5.56. The molecule has 0 aromatic heterocycles. The van der Waals surface area contributed by atoms with Crippen LogP contribution in [0.2, 0.25) is 0 Å². The van der Waals surface area contributed by atoms with Gasteiger partial charge in [0, 0.05) is 24.3 Å². The highest BCUT2D eigenvalue weighted by molar-refractivity contribution is 5.97. The second-order valence-electron chi connectivity index (χ2n) is 7.54. The molecule has 1 heterocycles. The molecule has 6 nitrogen and oxygen atoms in total. The summed E-state index contributed by atoms with van der Waals surface area (Å²) in [4.78, 5) is 38.3. The number of aliphatic carboxylic acids is 1. The number of hydrogen-bond acceptors (Lipinski definition) is 3. The molecule has 144 valence electrons. The van der Waals surface area contributed by atoms with E-state index in [0.717, 1.165) is 25.9 Å². The Bertz CT molecular complexity index is 733. The van der Waals surface area contributed by atoms with Gasteiger partial charge in [0.25, 0.3) is 5.91 Å². The van der Waals surface area contributed by atoms with Gasteiger partial charge < -0.3 is 15.3 Å². The molecule has 1 saturated heterocycles. The minimum Gasteiger partial charge on any atom is -0.481 e. The Kier molecular flexibility index (Phi) is 5.94. The molecule has 1 aromatic rings. The van der Waals surface area contributed by atoms with E-state index >= 15 is 0 Å². The molecule has 0 radical (unpaired) electrons. The maximum atomic E-state index is 12.6. The Hall–Kier alpha value is -2.63. The van der Waals surface area contributed by atoms with Gasteiger partial charge in [0.1, 0.15) is 0 Å². The number of rotatable bonds is 4. The van der Waals surface area contributed by atoms with Crippen LogP contribution in [0.4, 0.5) is 5.69 Å². The Morgan fingerprint density at radius 2 is 1.59 bits per heavy atom. The van der Waals surface area contributed by atoms with Crippen molar-refractivity contribution in [2.24, 2.45) is 17.8 Å². The number of allylic oxidation sites excluding steroid dienone is 2. The number of nitrogens with zero attached hydrogens (tertiary/aromatic N) is 1. The summed E-state index contributed by atoms with van der Waals surface area (Å²) < 4.78 is 0. The van der Waals surface area contributed by atoms with Crippen molar-refractivity contribution in [1.82, 2.24) is 4.90 Å². The molecule has 1 aromatic carbocycles. The molecule has 0 unspecified atom stereocenters. The maximum Gasteiger partial charge on any atom is 0.307 e. The van der Waals surface area contributed by atoms with Gasteiger partial charge >= 0.3 is 5.97 Å². The Morgan fingerprint density at radius 3 is 2.19 bits per heavy atom. The van der Waals surface area contributed by atoms with Crippen molar-refractivity contribution >= 4 is 23.5 Å². The summed E-state index contributed by atoms with van der Waals surface area (Å²) in [6.45, 7) is 3.77. The fraction of sp³-hybridized carbons (Fsp3) is 0.476. The van der Waals surface area contributed by atoms with Crippen LogP contribution in [0, 0.1) is 17.8 Å². The lowest BCUT2D eigenvalue weighted by molar-refractivity contribution is -0.146. The topological polar surface area (TPSA) is 86.7 Å². The van der Waals surface area contributed by atoms with Crippen LogP contribution in [-0.2, 0) is 9.59 Å². The molecule has 1 aliphatic carbocycles. The van der Waals surface area contributed by atoms with Crippen molar-refractivity contribution in [3.8, 4) is 0 Å². The lowest BCUT2D eigenvalue weighted by Crippen LogP contribution is -2.37. The lowest BCUT2D eigenvalue weighted by Gasteiger charge is -2.30. The number of carbonyl (C=O) groups excluding carboxylic acids is 2. The summed E-state index contributed by atoms with van der Waals surface area (Å²) in [7, 11) is 0. The summed E-state index contributed by atoms with van der Waals surface area (Å²) >= 11 is 0. The van der Waals surface area contributed by atoms with Gasteiger partial charge in [0.05, 0.1) is 11.8 Å². The number of likely N-dealkylation sites (tertiary alicyclic amines) is 1. The van der Waals surface area contributed by atoms with E-state index in [0.29, 0.717) is 30.0 Å². The largest absolute Gasteiger partial charge is 0.481 e. The normalized spacial score (nSPS) is 23.1. The van der Waals surface area contributed by atoms with Gasteiger partial charge in [-0.1, -0.05) is 19.1 Å². The van der Waals surface area contributed by atoms with Crippen LogP contribution in [0.1, 0.15) is 43.0 Å². The Labute approximate surface area is 159 Å². The minimum absolute atomic E-state index is 0.0168. The molecule has 2 amide bonds. The highest BCUT2D eigenvalue weighted by atomic mass is 16.4. The molecule has 2 N–H and O–H groups in total. The van der Waals surface area contributed by atoms with E-state index in [1.165, 1.54) is 0 Å². The first-order valence-corrected chi connectivity index (χ1v) is 9.53. The fourth-order valence-electron chi connectivity index (χ4n) is 3.70. The second-order valence-corrected chi connectivity index (χ2v) is 7.54. The summed E-state index contributed by atoms with van der Waals surface area (Å²) in [5, 5.41) is 12.1. The first-order chi connectivity index (χ1) is 13.0. The number of piperidine rings is 1. The van der Waals surface area contributed by atoms with E-state index in [2.05, 4.69) is 12.2 Å². The van der Waals surface area contributed by atoms with Gasteiger partial charge in [-0.25, -0.2) is 0 Å². The number of carboxylic acids is 1. The van der Waals surface area contributed by atoms with Crippen molar-refractivity contribution in [1.29, 1.82) is 0 Å². The van der Waals surface area contributed by atoms with Gasteiger partial charge in [-0.05, 0) is 55.9 Å². The third-order valence-electron chi connectivity index (χ3n) is 5.56. The van der Waals surface area contributed by atoms with Gasteiger partial charge in [0.2, 0.25) is 5.91 Å². The molecule has 1 aliphatic heterocycles. The lowest BCUT2D eigenvalue weighted by atomic mass is 9.82.